The van der Waals surface area contributed by atoms with Crippen LogP contribution in [-0.4, -0.2) is 13.6 Å². The summed E-state index contributed by atoms with van der Waals surface area (Å²) in [5.74, 6) is -1.44. The molecule has 20 heavy (non-hydrogen) atoms. The summed E-state index contributed by atoms with van der Waals surface area (Å²) in [7, 11) is 1.87. The molecular formula is C16H16ClF2N. The van der Waals surface area contributed by atoms with Crippen molar-refractivity contribution in [3.63, 3.8) is 0 Å². The first-order valence-corrected chi connectivity index (χ1v) is 6.82. The van der Waals surface area contributed by atoms with Crippen LogP contribution in [0.1, 0.15) is 17.0 Å². The van der Waals surface area contributed by atoms with Gasteiger partial charge in [0, 0.05) is 17.5 Å². The van der Waals surface area contributed by atoms with Crippen LogP contribution < -0.4 is 5.32 Å². The molecule has 0 bridgehead atoms. The molecule has 0 saturated heterocycles. The molecule has 0 aromatic heterocycles. The molecule has 0 radical (unpaired) electrons. The first kappa shape index (κ1) is 14.9. The maximum absolute atomic E-state index is 13.3. The Kier molecular flexibility index (Phi) is 5.10. The third-order valence-electron chi connectivity index (χ3n) is 3.26. The number of rotatable bonds is 5. The van der Waals surface area contributed by atoms with E-state index in [4.69, 9.17) is 11.6 Å². The van der Waals surface area contributed by atoms with Crippen LogP contribution in [0, 0.1) is 11.6 Å². The monoisotopic (exact) mass is 295 g/mol. The molecule has 2 aromatic carbocycles. The van der Waals surface area contributed by atoms with Crippen molar-refractivity contribution < 1.29 is 8.78 Å². The minimum Gasteiger partial charge on any atom is -0.319 e. The Morgan fingerprint density at radius 3 is 2.35 bits per heavy atom. The van der Waals surface area contributed by atoms with Gasteiger partial charge in [-0.2, -0.15) is 0 Å². The van der Waals surface area contributed by atoms with Crippen molar-refractivity contribution >= 4 is 11.6 Å². The molecule has 4 heteroatoms. The van der Waals surface area contributed by atoms with Gasteiger partial charge in [-0.3, -0.25) is 0 Å². The van der Waals surface area contributed by atoms with Crippen LogP contribution >= 0.6 is 11.6 Å². The zero-order valence-electron chi connectivity index (χ0n) is 11.2. The minimum atomic E-state index is -0.814. The van der Waals surface area contributed by atoms with Gasteiger partial charge < -0.3 is 5.32 Å². The van der Waals surface area contributed by atoms with E-state index in [0.717, 1.165) is 17.7 Å². The van der Waals surface area contributed by atoms with E-state index >= 15 is 0 Å². The molecule has 0 amide bonds. The highest BCUT2D eigenvalue weighted by atomic mass is 35.5. The molecule has 0 spiro atoms. The Morgan fingerprint density at radius 2 is 1.75 bits per heavy atom. The fourth-order valence-electron chi connectivity index (χ4n) is 2.24. The van der Waals surface area contributed by atoms with Crippen LogP contribution in [0.4, 0.5) is 8.78 Å². The van der Waals surface area contributed by atoms with Crippen LogP contribution in [0.5, 0.6) is 0 Å². The van der Waals surface area contributed by atoms with E-state index in [0.29, 0.717) is 11.4 Å². The number of halogens is 3. The van der Waals surface area contributed by atoms with Gasteiger partial charge in [-0.05, 0) is 48.9 Å². The molecule has 1 atom stereocenters. The van der Waals surface area contributed by atoms with E-state index in [2.05, 4.69) is 5.32 Å². The predicted molar refractivity (Wildman–Crippen MR) is 78.2 cm³/mol. The Labute approximate surface area is 122 Å². The Morgan fingerprint density at radius 1 is 1.05 bits per heavy atom. The maximum Gasteiger partial charge on any atom is 0.159 e. The second-order valence-electron chi connectivity index (χ2n) is 4.76. The third kappa shape index (κ3) is 3.78. The van der Waals surface area contributed by atoms with Crippen molar-refractivity contribution in [2.45, 2.75) is 12.3 Å². The van der Waals surface area contributed by atoms with Gasteiger partial charge in [0.2, 0.25) is 0 Å². The molecule has 0 aliphatic heterocycles. The van der Waals surface area contributed by atoms with Crippen molar-refractivity contribution in [3.8, 4) is 0 Å². The van der Waals surface area contributed by atoms with Gasteiger partial charge >= 0.3 is 0 Å². The van der Waals surface area contributed by atoms with Crippen LogP contribution in [0.2, 0.25) is 5.02 Å². The number of nitrogens with one attached hydrogen (secondary N) is 1. The Balaban J connectivity index is 2.20. The van der Waals surface area contributed by atoms with Crippen molar-refractivity contribution in [3.05, 3.63) is 70.2 Å². The van der Waals surface area contributed by atoms with Crippen LogP contribution in [-0.2, 0) is 6.42 Å². The van der Waals surface area contributed by atoms with Gasteiger partial charge in [-0.25, -0.2) is 8.78 Å². The quantitative estimate of drug-likeness (QED) is 0.873. The lowest BCUT2D eigenvalue weighted by Gasteiger charge is -2.17. The van der Waals surface area contributed by atoms with Gasteiger partial charge in [0.1, 0.15) is 0 Å². The Bertz CT molecular complexity index is 569. The lowest BCUT2D eigenvalue weighted by atomic mass is 9.92. The first-order chi connectivity index (χ1) is 9.60. The highest BCUT2D eigenvalue weighted by Gasteiger charge is 2.13. The van der Waals surface area contributed by atoms with Gasteiger partial charge in [-0.1, -0.05) is 29.8 Å². The maximum atomic E-state index is 13.3. The van der Waals surface area contributed by atoms with Crippen LogP contribution in [0.15, 0.2) is 42.5 Å². The molecule has 0 aliphatic rings. The molecule has 2 rings (SSSR count). The van der Waals surface area contributed by atoms with E-state index in [1.807, 2.05) is 31.3 Å². The Hall–Kier alpha value is -1.45. The van der Waals surface area contributed by atoms with Crippen molar-refractivity contribution in [1.29, 1.82) is 0 Å². The number of likely N-dealkylation sites (N-methyl/N-ethyl adjacent to an activating group) is 1. The molecule has 0 saturated carbocycles. The molecule has 1 N–H and O–H groups in total. The average molecular weight is 296 g/mol. The molecular weight excluding hydrogens is 280 g/mol. The average Bonchev–Trinajstić information content (AvgIpc) is 2.43. The highest BCUT2D eigenvalue weighted by Crippen LogP contribution is 2.23. The summed E-state index contributed by atoms with van der Waals surface area (Å²) < 4.78 is 26.2. The summed E-state index contributed by atoms with van der Waals surface area (Å²) >= 11 is 5.88. The van der Waals surface area contributed by atoms with E-state index in [1.165, 1.54) is 12.1 Å². The van der Waals surface area contributed by atoms with Crippen molar-refractivity contribution in [1.82, 2.24) is 5.32 Å². The van der Waals surface area contributed by atoms with Gasteiger partial charge in [0.15, 0.2) is 11.6 Å². The standard InChI is InChI=1S/C16H16ClF2N/c1-20-10-13(12-3-5-14(17)6-4-12)8-11-2-7-15(18)16(19)9-11/h2-7,9,13,20H,8,10H2,1H3. The highest BCUT2D eigenvalue weighted by molar-refractivity contribution is 6.30. The van der Waals surface area contributed by atoms with Crippen molar-refractivity contribution in [2.24, 2.45) is 0 Å². The number of benzene rings is 2. The van der Waals surface area contributed by atoms with E-state index in [9.17, 15) is 8.78 Å². The summed E-state index contributed by atoms with van der Waals surface area (Å²) in [4.78, 5) is 0. The molecule has 106 valence electrons. The fraction of sp³-hybridized carbons (Fsp3) is 0.250. The smallest absolute Gasteiger partial charge is 0.159 e. The number of hydrogen-bond acceptors (Lipinski definition) is 1. The second kappa shape index (κ2) is 6.82. The molecule has 0 heterocycles. The van der Waals surface area contributed by atoms with Gasteiger partial charge in [0.05, 0.1) is 0 Å². The summed E-state index contributed by atoms with van der Waals surface area (Å²) in [5.41, 5.74) is 1.90. The minimum absolute atomic E-state index is 0.183. The summed E-state index contributed by atoms with van der Waals surface area (Å²) in [6, 6.07) is 11.7. The normalized spacial score (nSPS) is 12.4. The number of hydrogen-bond donors (Lipinski definition) is 1. The van der Waals surface area contributed by atoms with Crippen LogP contribution in [0.3, 0.4) is 0 Å². The summed E-state index contributed by atoms with van der Waals surface area (Å²) in [5, 5.41) is 3.81. The SMILES string of the molecule is CNCC(Cc1ccc(F)c(F)c1)c1ccc(Cl)cc1. The van der Waals surface area contributed by atoms with Crippen molar-refractivity contribution in [2.75, 3.05) is 13.6 Å². The zero-order valence-corrected chi connectivity index (χ0v) is 11.9. The van der Waals surface area contributed by atoms with E-state index < -0.39 is 11.6 Å². The molecule has 1 nitrogen and oxygen atoms in total. The first-order valence-electron chi connectivity index (χ1n) is 6.44. The third-order valence-corrected chi connectivity index (χ3v) is 3.51. The molecule has 1 unspecified atom stereocenters. The molecule has 0 aliphatic carbocycles. The lowest BCUT2D eigenvalue weighted by Crippen LogP contribution is -2.19. The second-order valence-corrected chi connectivity index (χ2v) is 5.20. The largest absolute Gasteiger partial charge is 0.319 e. The van der Waals surface area contributed by atoms with E-state index in [-0.39, 0.29) is 5.92 Å². The summed E-state index contributed by atoms with van der Waals surface area (Å²) in [6.45, 7) is 0.751. The molecule has 2 aromatic rings. The fourth-order valence-corrected chi connectivity index (χ4v) is 2.37. The van der Waals surface area contributed by atoms with Gasteiger partial charge in [0.25, 0.3) is 0 Å². The lowest BCUT2D eigenvalue weighted by molar-refractivity contribution is 0.505. The predicted octanol–water partition coefficient (Wildman–Crippen LogP) is 4.16. The van der Waals surface area contributed by atoms with Gasteiger partial charge in [-0.15, -0.1) is 0 Å². The van der Waals surface area contributed by atoms with E-state index in [1.54, 1.807) is 6.07 Å². The molecule has 0 fully saturated rings. The topological polar surface area (TPSA) is 12.0 Å². The summed E-state index contributed by atoms with van der Waals surface area (Å²) in [6.07, 6.45) is 0.639. The zero-order chi connectivity index (χ0) is 14.5. The van der Waals surface area contributed by atoms with Crippen LogP contribution in [0.25, 0.3) is 0 Å².